The molecule has 2 aromatic carbocycles. The molecule has 128 valence electrons. The number of halogens is 1. The zero-order valence-electron chi connectivity index (χ0n) is 13.6. The second kappa shape index (κ2) is 6.92. The Hall–Kier alpha value is -2.27. The lowest BCUT2D eigenvalue weighted by Crippen LogP contribution is -2.29. The molecule has 25 heavy (non-hydrogen) atoms. The summed E-state index contributed by atoms with van der Waals surface area (Å²) in [7, 11) is 0. The minimum atomic E-state index is -0.267. The first-order valence-electron chi connectivity index (χ1n) is 8.35. The highest BCUT2D eigenvalue weighted by atomic mass is 32.2. The minimum absolute atomic E-state index is 0.141. The maximum Gasteiger partial charge on any atom is 0.244 e. The van der Waals surface area contributed by atoms with Crippen molar-refractivity contribution in [2.75, 3.05) is 12.4 Å². The third-order valence-corrected chi connectivity index (χ3v) is 5.59. The van der Waals surface area contributed by atoms with Crippen molar-refractivity contribution in [3.8, 4) is 5.75 Å². The summed E-state index contributed by atoms with van der Waals surface area (Å²) in [6, 6.07) is 10.6. The standard InChI is InChI=1S/C20H18FNO2S/c21-15-3-5-19-16(12-15)17(8-10-25-19)22-20(23)6-2-13-1-4-18-14(11-13)7-9-24-18/h1-6,11-12,17H,7-10H2,(H,22,23)/b6-2+. The van der Waals surface area contributed by atoms with Crippen LogP contribution in [0.15, 0.2) is 47.4 Å². The number of hydrogen-bond donors (Lipinski definition) is 1. The molecule has 0 saturated heterocycles. The molecule has 2 aromatic rings. The SMILES string of the molecule is O=C(/C=C/c1ccc2c(c1)CCO2)NC1CCSc2ccc(F)cc21. The summed E-state index contributed by atoms with van der Waals surface area (Å²) in [5, 5.41) is 2.99. The van der Waals surface area contributed by atoms with Crippen molar-refractivity contribution in [1.82, 2.24) is 5.32 Å². The summed E-state index contributed by atoms with van der Waals surface area (Å²) in [4.78, 5) is 13.3. The van der Waals surface area contributed by atoms with Gasteiger partial charge in [0.15, 0.2) is 0 Å². The second-order valence-electron chi connectivity index (χ2n) is 6.18. The van der Waals surface area contributed by atoms with Gasteiger partial charge in [-0.1, -0.05) is 6.07 Å². The van der Waals surface area contributed by atoms with E-state index in [1.54, 1.807) is 23.9 Å². The number of carbonyl (C=O) groups is 1. The predicted octanol–water partition coefficient (Wildman–Crippen LogP) is 4.13. The van der Waals surface area contributed by atoms with E-state index in [9.17, 15) is 9.18 Å². The summed E-state index contributed by atoms with van der Waals surface area (Å²) in [5.74, 6) is 1.41. The average Bonchev–Trinajstić information content (AvgIpc) is 3.08. The summed E-state index contributed by atoms with van der Waals surface area (Å²) in [5.41, 5.74) is 3.02. The Morgan fingerprint density at radius 3 is 3.12 bits per heavy atom. The summed E-state index contributed by atoms with van der Waals surface area (Å²) < 4.78 is 19.0. The van der Waals surface area contributed by atoms with Crippen molar-refractivity contribution < 1.29 is 13.9 Å². The number of rotatable bonds is 3. The maximum absolute atomic E-state index is 13.5. The van der Waals surface area contributed by atoms with Gasteiger partial charge in [-0.05, 0) is 59.5 Å². The fourth-order valence-corrected chi connectivity index (χ4v) is 4.32. The molecule has 3 nitrogen and oxygen atoms in total. The van der Waals surface area contributed by atoms with E-state index in [4.69, 9.17) is 4.74 Å². The molecule has 1 atom stereocenters. The Kier molecular flexibility index (Phi) is 4.49. The van der Waals surface area contributed by atoms with Crippen molar-refractivity contribution in [2.24, 2.45) is 0 Å². The largest absolute Gasteiger partial charge is 0.493 e. The summed E-state index contributed by atoms with van der Waals surface area (Å²) in [6.07, 6.45) is 5.05. The third kappa shape index (κ3) is 3.56. The van der Waals surface area contributed by atoms with E-state index >= 15 is 0 Å². The van der Waals surface area contributed by atoms with Gasteiger partial charge in [0, 0.05) is 23.1 Å². The highest BCUT2D eigenvalue weighted by Gasteiger charge is 2.22. The van der Waals surface area contributed by atoms with Crippen LogP contribution in [-0.2, 0) is 11.2 Å². The Bertz CT molecular complexity index is 850. The van der Waals surface area contributed by atoms with Crippen LogP contribution in [-0.4, -0.2) is 18.3 Å². The lowest BCUT2D eigenvalue weighted by Gasteiger charge is -2.25. The van der Waals surface area contributed by atoms with Crippen LogP contribution < -0.4 is 10.1 Å². The molecule has 1 unspecified atom stereocenters. The number of fused-ring (bicyclic) bond motifs is 2. The van der Waals surface area contributed by atoms with Crippen LogP contribution in [0.2, 0.25) is 0 Å². The predicted molar refractivity (Wildman–Crippen MR) is 97.3 cm³/mol. The van der Waals surface area contributed by atoms with Crippen LogP contribution in [0.1, 0.15) is 29.2 Å². The fourth-order valence-electron chi connectivity index (χ4n) is 3.22. The van der Waals surface area contributed by atoms with E-state index < -0.39 is 0 Å². The Balaban J connectivity index is 1.45. The van der Waals surface area contributed by atoms with E-state index in [0.717, 1.165) is 47.0 Å². The first kappa shape index (κ1) is 16.2. The molecule has 0 aliphatic carbocycles. The van der Waals surface area contributed by atoms with Gasteiger partial charge >= 0.3 is 0 Å². The molecule has 0 bridgehead atoms. The Labute approximate surface area is 150 Å². The first-order chi connectivity index (χ1) is 12.2. The lowest BCUT2D eigenvalue weighted by atomic mass is 10.0. The number of carbonyl (C=O) groups excluding carboxylic acids is 1. The van der Waals surface area contributed by atoms with Crippen LogP contribution in [0, 0.1) is 5.82 Å². The smallest absolute Gasteiger partial charge is 0.244 e. The zero-order valence-corrected chi connectivity index (χ0v) is 14.4. The molecule has 1 amide bonds. The highest BCUT2D eigenvalue weighted by molar-refractivity contribution is 7.99. The van der Waals surface area contributed by atoms with Gasteiger partial charge in [-0.3, -0.25) is 4.79 Å². The number of hydrogen-bond acceptors (Lipinski definition) is 3. The van der Waals surface area contributed by atoms with E-state index in [-0.39, 0.29) is 17.8 Å². The van der Waals surface area contributed by atoms with Crippen LogP contribution in [0.5, 0.6) is 5.75 Å². The van der Waals surface area contributed by atoms with Crippen LogP contribution >= 0.6 is 11.8 Å². The zero-order chi connectivity index (χ0) is 17.2. The van der Waals surface area contributed by atoms with Gasteiger partial charge in [-0.15, -0.1) is 11.8 Å². The Morgan fingerprint density at radius 1 is 1.28 bits per heavy atom. The quantitative estimate of drug-likeness (QED) is 0.842. The lowest BCUT2D eigenvalue weighted by molar-refractivity contribution is -0.117. The molecule has 2 aliphatic heterocycles. The number of thioether (sulfide) groups is 1. The molecule has 0 aromatic heterocycles. The van der Waals surface area contributed by atoms with E-state index in [1.165, 1.54) is 23.8 Å². The number of ether oxygens (including phenoxy) is 1. The van der Waals surface area contributed by atoms with Gasteiger partial charge in [0.25, 0.3) is 0 Å². The van der Waals surface area contributed by atoms with E-state index in [1.807, 2.05) is 18.2 Å². The molecule has 1 N–H and O–H groups in total. The first-order valence-corrected chi connectivity index (χ1v) is 9.34. The monoisotopic (exact) mass is 355 g/mol. The van der Waals surface area contributed by atoms with Gasteiger partial charge in [0.05, 0.1) is 12.6 Å². The van der Waals surface area contributed by atoms with Crippen molar-refractivity contribution in [1.29, 1.82) is 0 Å². The van der Waals surface area contributed by atoms with Gasteiger partial charge in [-0.25, -0.2) is 4.39 Å². The highest BCUT2D eigenvalue weighted by Crippen LogP contribution is 2.36. The van der Waals surface area contributed by atoms with Crippen molar-refractivity contribution in [3.05, 3.63) is 65.0 Å². The molecular weight excluding hydrogens is 337 g/mol. The molecule has 2 aliphatic rings. The number of nitrogens with one attached hydrogen (secondary N) is 1. The fraction of sp³-hybridized carbons (Fsp3) is 0.250. The molecule has 4 rings (SSSR count). The summed E-state index contributed by atoms with van der Waals surface area (Å²) >= 11 is 1.70. The minimum Gasteiger partial charge on any atom is -0.493 e. The van der Waals surface area contributed by atoms with Gasteiger partial charge in [0.1, 0.15) is 11.6 Å². The van der Waals surface area contributed by atoms with Crippen LogP contribution in [0.3, 0.4) is 0 Å². The summed E-state index contributed by atoms with van der Waals surface area (Å²) in [6.45, 7) is 0.721. The number of amides is 1. The van der Waals surface area contributed by atoms with E-state index in [0.29, 0.717) is 0 Å². The molecule has 0 spiro atoms. The third-order valence-electron chi connectivity index (χ3n) is 4.47. The average molecular weight is 355 g/mol. The van der Waals surface area contributed by atoms with Gasteiger partial charge in [-0.2, -0.15) is 0 Å². The normalized spacial score (nSPS) is 18.5. The van der Waals surface area contributed by atoms with Crippen molar-refractivity contribution >= 4 is 23.7 Å². The molecule has 2 heterocycles. The van der Waals surface area contributed by atoms with E-state index in [2.05, 4.69) is 5.32 Å². The van der Waals surface area contributed by atoms with Crippen LogP contribution in [0.25, 0.3) is 6.08 Å². The topological polar surface area (TPSA) is 38.3 Å². The molecule has 0 fully saturated rings. The van der Waals surface area contributed by atoms with Gasteiger partial charge < -0.3 is 10.1 Å². The Morgan fingerprint density at radius 2 is 2.20 bits per heavy atom. The van der Waals surface area contributed by atoms with Crippen molar-refractivity contribution in [2.45, 2.75) is 23.8 Å². The second-order valence-corrected chi connectivity index (χ2v) is 7.32. The number of benzene rings is 2. The molecule has 0 radical (unpaired) electrons. The van der Waals surface area contributed by atoms with Crippen LogP contribution in [0.4, 0.5) is 4.39 Å². The maximum atomic E-state index is 13.5. The molecule has 5 heteroatoms. The van der Waals surface area contributed by atoms with Gasteiger partial charge in [0.2, 0.25) is 5.91 Å². The van der Waals surface area contributed by atoms with Crippen molar-refractivity contribution in [3.63, 3.8) is 0 Å². The molecule has 0 saturated carbocycles. The molecular formula is C20H18FNO2S.